The Hall–Kier alpha value is -3.12. The Morgan fingerprint density at radius 2 is 2.07 bits per heavy atom. The SMILES string of the molecule is CC1Oc2ccc(CNCc3ccccc3-c3cnn(C)c3)cc2NC1=O. The van der Waals surface area contributed by atoms with Gasteiger partial charge in [0.1, 0.15) is 5.75 Å². The molecule has 1 aliphatic rings. The van der Waals surface area contributed by atoms with Crippen LogP contribution >= 0.6 is 0 Å². The van der Waals surface area contributed by atoms with Gasteiger partial charge in [-0.15, -0.1) is 0 Å². The Morgan fingerprint density at radius 3 is 2.89 bits per heavy atom. The number of fused-ring (bicyclic) bond motifs is 1. The molecule has 6 nitrogen and oxygen atoms in total. The van der Waals surface area contributed by atoms with E-state index in [-0.39, 0.29) is 5.91 Å². The minimum absolute atomic E-state index is 0.113. The van der Waals surface area contributed by atoms with Crippen LogP contribution in [-0.2, 0) is 24.9 Å². The van der Waals surface area contributed by atoms with Gasteiger partial charge in [-0.05, 0) is 35.7 Å². The number of aryl methyl sites for hydroxylation is 1. The second-order valence-electron chi connectivity index (χ2n) is 6.74. The molecule has 1 aromatic heterocycles. The monoisotopic (exact) mass is 362 g/mol. The van der Waals surface area contributed by atoms with Crippen molar-refractivity contribution in [3.63, 3.8) is 0 Å². The highest BCUT2D eigenvalue weighted by Crippen LogP contribution is 2.30. The number of carbonyl (C=O) groups is 1. The van der Waals surface area contributed by atoms with Crippen LogP contribution < -0.4 is 15.4 Å². The number of hydrogen-bond acceptors (Lipinski definition) is 4. The third-order valence-corrected chi connectivity index (χ3v) is 4.65. The Bertz CT molecular complexity index is 980. The van der Waals surface area contributed by atoms with Crippen molar-refractivity contribution in [1.82, 2.24) is 15.1 Å². The summed E-state index contributed by atoms with van der Waals surface area (Å²) in [7, 11) is 1.92. The normalized spacial score (nSPS) is 15.8. The molecule has 1 aliphatic heterocycles. The van der Waals surface area contributed by atoms with Crippen LogP contribution in [-0.4, -0.2) is 21.8 Å². The zero-order chi connectivity index (χ0) is 18.8. The van der Waals surface area contributed by atoms with Crippen molar-refractivity contribution in [3.8, 4) is 16.9 Å². The van der Waals surface area contributed by atoms with Crippen molar-refractivity contribution in [3.05, 3.63) is 66.0 Å². The van der Waals surface area contributed by atoms with Crippen molar-refractivity contribution in [2.45, 2.75) is 26.1 Å². The number of benzene rings is 2. The molecule has 2 aromatic carbocycles. The summed E-state index contributed by atoms with van der Waals surface area (Å²) in [6.45, 7) is 3.18. The van der Waals surface area contributed by atoms with Crippen LogP contribution in [0.3, 0.4) is 0 Å². The van der Waals surface area contributed by atoms with Crippen LogP contribution in [0.15, 0.2) is 54.9 Å². The summed E-state index contributed by atoms with van der Waals surface area (Å²) < 4.78 is 7.41. The Balaban J connectivity index is 1.44. The molecule has 0 spiro atoms. The topological polar surface area (TPSA) is 68.2 Å². The molecule has 1 amide bonds. The lowest BCUT2D eigenvalue weighted by atomic mass is 10.0. The number of amides is 1. The molecule has 4 rings (SSSR count). The maximum atomic E-state index is 11.8. The molecule has 0 aliphatic carbocycles. The van der Waals surface area contributed by atoms with E-state index in [1.807, 2.05) is 54.5 Å². The molecule has 0 saturated carbocycles. The number of aromatic nitrogens is 2. The second kappa shape index (κ2) is 7.25. The lowest BCUT2D eigenvalue weighted by molar-refractivity contribution is -0.122. The molecular weight excluding hydrogens is 340 g/mol. The van der Waals surface area contributed by atoms with Gasteiger partial charge in [0, 0.05) is 31.9 Å². The van der Waals surface area contributed by atoms with Crippen LogP contribution in [0.25, 0.3) is 11.1 Å². The van der Waals surface area contributed by atoms with Gasteiger partial charge in [-0.3, -0.25) is 9.48 Å². The lowest BCUT2D eigenvalue weighted by Crippen LogP contribution is -2.34. The van der Waals surface area contributed by atoms with Crippen LogP contribution in [0, 0.1) is 0 Å². The van der Waals surface area contributed by atoms with Gasteiger partial charge in [-0.2, -0.15) is 5.10 Å². The van der Waals surface area contributed by atoms with Gasteiger partial charge in [0.15, 0.2) is 6.10 Å². The van der Waals surface area contributed by atoms with E-state index < -0.39 is 6.10 Å². The molecule has 27 heavy (non-hydrogen) atoms. The minimum atomic E-state index is -0.453. The fraction of sp³-hybridized carbons (Fsp3) is 0.238. The average Bonchev–Trinajstić information content (AvgIpc) is 3.09. The first-order chi connectivity index (χ1) is 13.1. The number of hydrogen-bond donors (Lipinski definition) is 2. The fourth-order valence-electron chi connectivity index (χ4n) is 3.22. The number of nitrogens with one attached hydrogen (secondary N) is 2. The van der Waals surface area contributed by atoms with Crippen molar-refractivity contribution < 1.29 is 9.53 Å². The standard InChI is InChI=1S/C21H22N4O2/c1-14-21(26)24-19-9-15(7-8-20(19)27-14)10-22-11-16-5-3-4-6-18(16)17-12-23-25(2)13-17/h3-9,12-14,22H,10-11H2,1-2H3,(H,24,26). The minimum Gasteiger partial charge on any atom is -0.479 e. The highest BCUT2D eigenvalue weighted by molar-refractivity contribution is 5.97. The Kier molecular flexibility index (Phi) is 4.64. The zero-order valence-electron chi connectivity index (χ0n) is 15.4. The van der Waals surface area contributed by atoms with Crippen LogP contribution in [0.4, 0.5) is 5.69 Å². The van der Waals surface area contributed by atoms with Crippen molar-refractivity contribution in [1.29, 1.82) is 0 Å². The molecule has 0 radical (unpaired) electrons. The molecule has 3 aromatic rings. The maximum Gasteiger partial charge on any atom is 0.265 e. The smallest absolute Gasteiger partial charge is 0.265 e. The zero-order valence-corrected chi connectivity index (χ0v) is 15.4. The van der Waals surface area contributed by atoms with Gasteiger partial charge < -0.3 is 15.4 Å². The largest absolute Gasteiger partial charge is 0.479 e. The van der Waals surface area contributed by atoms with Gasteiger partial charge in [-0.25, -0.2) is 0 Å². The van der Waals surface area contributed by atoms with Crippen molar-refractivity contribution in [2.75, 3.05) is 5.32 Å². The molecule has 1 unspecified atom stereocenters. The predicted octanol–water partition coefficient (Wildman–Crippen LogP) is 3.10. The number of anilines is 1. The molecule has 138 valence electrons. The molecule has 0 fully saturated rings. The summed E-state index contributed by atoms with van der Waals surface area (Å²) in [5, 5.41) is 10.6. The van der Waals surface area contributed by atoms with E-state index >= 15 is 0 Å². The third kappa shape index (κ3) is 3.71. The highest BCUT2D eigenvalue weighted by atomic mass is 16.5. The number of nitrogens with zero attached hydrogens (tertiary/aromatic N) is 2. The van der Waals surface area contributed by atoms with Gasteiger partial charge >= 0.3 is 0 Å². The van der Waals surface area contributed by atoms with Gasteiger partial charge in [-0.1, -0.05) is 30.3 Å². The summed E-state index contributed by atoms with van der Waals surface area (Å²) >= 11 is 0. The summed E-state index contributed by atoms with van der Waals surface area (Å²) in [5.41, 5.74) is 5.32. The summed E-state index contributed by atoms with van der Waals surface area (Å²) in [6.07, 6.45) is 3.45. The summed E-state index contributed by atoms with van der Waals surface area (Å²) in [5.74, 6) is 0.603. The average molecular weight is 362 g/mol. The fourth-order valence-corrected chi connectivity index (χ4v) is 3.22. The second-order valence-corrected chi connectivity index (χ2v) is 6.74. The molecule has 1 atom stereocenters. The van der Waals surface area contributed by atoms with Crippen LogP contribution in [0.5, 0.6) is 5.75 Å². The third-order valence-electron chi connectivity index (χ3n) is 4.65. The van der Waals surface area contributed by atoms with Crippen molar-refractivity contribution in [2.24, 2.45) is 7.05 Å². The molecular formula is C21H22N4O2. The van der Waals surface area contributed by atoms with Crippen LogP contribution in [0.1, 0.15) is 18.1 Å². The molecule has 0 bridgehead atoms. The van der Waals surface area contributed by atoms with E-state index in [1.54, 1.807) is 6.92 Å². The molecule has 2 heterocycles. The van der Waals surface area contributed by atoms with E-state index in [0.29, 0.717) is 12.3 Å². The van der Waals surface area contributed by atoms with E-state index in [0.717, 1.165) is 23.4 Å². The molecule has 0 saturated heterocycles. The summed E-state index contributed by atoms with van der Waals surface area (Å²) in [4.78, 5) is 11.8. The Morgan fingerprint density at radius 1 is 1.22 bits per heavy atom. The van der Waals surface area contributed by atoms with Gasteiger partial charge in [0.25, 0.3) is 5.91 Å². The van der Waals surface area contributed by atoms with E-state index in [9.17, 15) is 4.79 Å². The first-order valence-electron chi connectivity index (χ1n) is 8.98. The van der Waals surface area contributed by atoms with Gasteiger partial charge in [0.05, 0.1) is 11.9 Å². The lowest BCUT2D eigenvalue weighted by Gasteiger charge is -2.23. The van der Waals surface area contributed by atoms with E-state index in [1.165, 1.54) is 11.1 Å². The number of carbonyl (C=O) groups excluding carboxylic acids is 1. The first-order valence-corrected chi connectivity index (χ1v) is 8.98. The van der Waals surface area contributed by atoms with Gasteiger partial charge in [0.2, 0.25) is 0 Å². The highest BCUT2D eigenvalue weighted by Gasteiger charge is 2.23. The summed E-state index contributed by atoms with van der Waals surface area (Å²) in [6, 6.07) is 14.2. The van der Waals surface area contributed by atoms with Crippen LogP contribution in [0.2, 0.25) is 0 Å². The quantitative estimate of drug-likeness (QED) is 0.732. The number of ether oxygens (including phenoxy) is 1. The maximum absolute atomic E-state index is 11.8. The van der Waals surface area contributed by atoms with E-state index in [4.69, 9.17) is 4.74 Å². The molecule has 6 heteroatoms. The Labute approximate surface area is 158 Å². The van der Waals surface area contributed by atoms with E-state index in [2.05, 4.69) is 27.9 Å². The first kappa shape index (κ1) is 17.3. The molecule has 2 N–H and O–H groups in total. The van der Waals surface area contributed by atoms with Crippen molar-refractivity contribution >= 4 is 11.6 Å². The number of rotatable bonds is 5. The predicted molar refractivity (Wildman–Crippen MR) is 104 cm³/mol.